The molecule has 1 aliphatic heterocycles. The summed E-state index contributed by atoms with van der Waals surface area (Å²) in [6.45, 7) is 8.01. The maximum absolute atomic E-state index is 5.28. The zero-order valence-electron chi connectivity index (χ0n) is 13.5. The number of benzene rings is 1. The number of methoxy groups -OCH3 is 1. The van der Waals surface area contributed by atoms with Crippen LogP contribution >= 0.6 is 23.5 Å². The Hall–Kier alpha value is -0.320. The quantitative estimate of drug-likeness (QED) is 0.838. The molecule has 118 valence electrons. The fraction of sp³-hybridized carbons (Fsp3) is 0.647. The molecule has 0 amide bonds. The fourth-order valence-electron chi connectivity index (χ4n) is 2.56. The van der Waals surface area contributed by atoms with E-state index < -0.39 is 0 Å². The molecule has 0 spiro atoms. The van der Waals surface area contributed by atoms with Crippen molar-refractivity contribution in [3.63, 3.8) is 0 Å². The minimum absolute atomic E-state index is 0.434. The van der Waals surface area contributed by atoms with E-state index in [1.54, 1.807) is 7.11 Å². The van der Waals surface area contributed by atoms with E-state index in [0.29, 0.717) is 11.3 Å². The number of thioether (sulfide) groups is 2. The molecule has 0 aliphatic carbocycles. The van der Waals surface area contributed by atoms with E-state index in [-0.39, 0.29) is 0 Å². The zero-order valence-corrected chi connectivity index (χ0v) is 15.1. The van der Waals surface area contributed by atoms with Gasteiger partial charge in [-0.2, -0.15) is 23.5 Å². The lowest BCUT2D eigenvalue weighted by Crippen LogP contribution is -2.37. The summed E-state index contributed by atoms with van der Waals surface area (Å²) in [5.74, 6) is 2.16. The van der Waals surface area contributed by atoms with Gasteiger partial charge < -0.3 is 10.1 Å². The van der Waals surface area contributed by atoms with Crippen molar-refractivity contribution in [1.29, 1.82) is 0 Å². The molecule has 1 aromatic carbocycles. The highest BCUT2D eigenvalue weighted by molar-refractivity contribution is 8.07. The molecule has 2 rings (SSSR count). The van der Waals surface area contributed by atoms with Crippen molar-refractivity contribution in [1.82, 2.24) is 5.32 Å². The lowest BCUT2D eigenvalue weighted by molar-refractivity contribution is 0.414. The molecule has 4 atom stereocenters. The molecule has 1 saturated heterocycles. The van der Waals surface area contributed by atoms with Crippen molar-refractivity contribution >= 4 is 23.5 Å². The highest BCUT2D eigenvalue weighted by atomic mass is 32.2. The summed E-state index contributed by atoms with van der Waals surface area (Å²) >= 11 is 4.26. The lowest BCUT2D eigenvalue weighted by atomic mass is 10.0. The molecule has 21 heavy (non-hydrogen) atoms. The van der Waals surface area contributed by atoms with Gasteiger partial charge in [-0.3, -0.25) is 0 Å². The van der Waals surface area contributed by atoms with Gasteiger partial charge in [-0.05, 0) is 30.7 Å². The van der Waals surface area contributed by atoms with Crippen LogP contribution in [0.4, 0.5) is 0 Å². The molecule has 4 heteroatoms. The molecule has 2 nitrogen and oxygen atoms in total. The predicted molar refractivity (Wildman–Crippen MR) is 96.8 cm³/mol. The van der Waals surface area contributed by atoms with Crippen molar-refractivity contribution in [2.24, 2.45) is 0 Å². The van der Waals surface area contributed by atoms with E-state index >= 15 is 0 Å². The summed E-state index contributed by atoms with van der Waals surface area (Å²) < 4.78 is 5.28. The van der Waals surface area contributed by atoms with Crippen LogP contribution in [0.1, 0.15) is 38.8 Å². The average Bonchev–Trinajstić information content (AvgIpc) is 2.51. The van der Waals surface area contributed by atoms with Crippen LogP contribution < -0.4 is 10.1 Å². The molecule has 0 radical (unpaired) electrons. The van der Waals surface area contributed by atoms with Crippen LogP contribution in [0, 0.1) is 0 Å². The largest absolute Gasteiger partial charge is 0.497 e. The normalized spacial score (nSPS) is 27.3. The van der Waals surface area contributed by atoms with Crippen molar-refractivity contribution < 1.29 is 4.74 Å². The Kier molecular flexibility index (Phi) is 6.77. The minimum Gasteiger partial charge on any atom is -0.497 e. The van der Waals surface area contributed by atoms with E-state index in [0.717, 1.165) is 22.8 Å². The first-order valence-electron chi connectivity index (χ1n) is 7.80. The van der Waals surface area contributed by atoms with Gasteiger partial charge in [0.1, 0.15) is 5.75 Å². The molecule has 0 aromatic heterocycles. The Morgan fingerprint density at radius 1 is 1.24 bits per heavy atom. The van der Waals surface area contributed by atoms with E-state index in [9.17, 15) is 0 Å². The molecular weight excluding hydrogens is 298 g/mol. The van der Waals surface area contributed by atoms with Crippen LogP contribution in [0.5, 0.6) is 5.75 Å². The topological polar surface area (TPSA) is 21.3 Å². The molecule has 1 N–H and O–H groups in total. The highest BCUT2D eigenvalue weighted by Gasteiger charge is 2.31. The summed E-state index contributed by atoms with van der Waals surface area (Å²) in [5, 5.41) is 5.87. The molecule has 1 heterocycles. The predicted octanol–water partition coefficient (Wildman–Crippen LogP) is 4.36. The van der Waals surface area contributed by atoms with Gasteiger partial charge in [0.15, 0.2) is 0 Å². The summed E-state index contributed by atoms with van der Waals surface area (Å²) in [6.07, 6.45) is 1.17. The number of ether oxygens (including phenoxy) is 1. The molecule has 1 aromatic rings. The number of nitrogens with one attached hydrogen (secondary N) is 1. The summed E-state index contributed by atoms with van der Waals surface area (Å²) in [4.78, 5) is 0. The Morgan fingerprint density at radius 3 is 2.52 bits per heavy atom. The standard InChI is InChI=1S/C17H27NOS2/c1-5-10-18-17(14-6-8-15(19-4)9-7-14)16-11-20-12(2)13(3)21-16/h6-9,12-13,16-18H,5,10-11H2,1-4H3. The van der Waals surface area contributed by atoms with Crippen LogP contribution in [0.2, 0.25) is 0 Å². The maximum atomic E-state index is 5.28. The first kappa shape index (κ1) is 17.0. The van der Waals surface area contributed by atoms with Crippen LogP contribution in [-0.2, 0) is 0 Å². The average molecular weight is 326 g/mol. The zero-order chi connectivity index (χ0) is 15.2. The number of hydrogen-bond acceptors (Lipinski definition) is 4. The Balaban J connectivity index is 2.12. The van der Waals surface area contributed by atoms with E-state index in [2.05, 4.69) is 73.9 Å². The Labute approximate surface area is 137 Å². The number of hydrogen-bond donors (Lipinski definition) is 1. The van der Waals surface area contributed by atoms with Crippen LogP contribution in [0.15, 0.2) is 24.3 Å². The van der Waals surface area contributed by atoms with Crippen LogP contribution in [0.3, 0.4) is 0 Å². The van der Waals surface area contributed by atoms with Crippen molar-refractivity contribution in [2.45, 2.75) is 49.0 Å². The van der Waals surface area contributed by atoms with Gasteiger partial charge in [0, 0.05) is 27.5 Å². The number of rotatable bonds is 6. The van der Waals surface area contributed by atoms with Crippen molar-refractivity contribution in [3.8, 4) is 5.75 Å². The summed E-state index contributed by atoms with van der Waals surface area (Å²) in [5.41, 5.74) is 1.38. The van der Waals surface area contributed by atoms with E-state index in [1.807, 2.05) is 0 Å². The van der Waals surface area contributed by atoms with Gasteiger partial charge in [-0.1, -0.05) is 32.9 Å². The molecule has 1 aliphatic rings. The second kappa shape index (κ2) is 8.35. The molecule has 0 saturated carbocycles. The Bertz CT molecular complexity index is 423. The second-order valence-corrected chi connectivity index (χ2v) is 8.65. The lowest BCUT2D eigenvalue weighted by Gasteiger charge is -2.36. The highest BCUT2D eigenvalue weighted by Crippen LogP contribution is 2.41. The smallest absolute Gasteiger partial charge is 0.118 e. The third-order valence-corrected chi connectivity index (χ3v) is 7.53. The van der Waals surface area contributed by atoms with Crippen molar-refractivity contribution in [2.75, 3.05) is 19.4 Å². The van der Waals surface area contributed by atoms with Crippen molar-refractivity contribution in [3.05, 3.63) is 29.8 Å². The van der Waals surface area contributed by atoms with Crippen LogP contribution in [0.25, 0.3) is 0 Å². The van der Waals surface area contributed by atoms with Gasteiger partial charge in [0.2, 0.25) is 0 Å². The monoisotopic (exact) mass is 325 g/mol. The molecule has 0 bridgehead atoms. The third-order valence-electron chi connectivity index (χ3n) is 4.03. The van der Waals surface area contributed by atoms with E-state index in [4.69, 9.17) is 4.74 Å². The first-order valence-corrected chi connectivity index (χ1v) is 9.79. The Morgan fingerprint density at radius 2 is 1.95 bits per heavy atom. The summed E-state index contributed by atoms with van der Waals surface area (Å²) in [6, 6.07) is 8.99. The fourth-order valence-corrected chi connectivity index (χ4v) is 5.68. The van der Waals surface area contributed by atoms with Gasteiger partial charge in [0.05, 0.1) is 7.11 Å². The van der Waals surface area contributed by atoms with Gasteiger partial charge >= 0.3 is 0 Å². The van der Waals surface area contributed by atoms with E-state index in [1.165, 1.54) is 17.7 Å². The minimum atomic E-state index is 0.434. The molecular formula is C17H27NOS2. The van der Waals surface area contributed by atoms with Gasteiger partial charge in [0.25, 0.3) is 0 Å². The van der Waals surface area contributed by atoms with Gasteiger partial charge in [-0.25, -0.2) is 0 Å². The van der Waals surface area contributed by atoms with Crippen LogP contribution in [-0.4, -0.2) is 35.2 Å². The summed E-state index contributed by atoms with van der Waals surface area (Å²) in [7, 11) is 1.72. The second-order valence-electron chi connectivity index (χ2n) is 5.62. The third kappa shape index (κ3) is 4.57. The molecule has 1 fully saturated rings. The van der Waals surface area contributed by atoms with Gasteiger partial charge in [-0.15, -0.1) is 0 Å². The maximum Gasteiger partial charge on any atom is 0.118 e. The SMILES string of the molecule is CCCNC(c1ccc(OC)cc1)C1CSC(C)C(C)S1. The molecule has 4 unspecified atom stereocenters. The first-order chi connectivity index (χ1) is 10.2.